The number of carbonyl (C=O) groups is 2. The van der Waals surface area contributed by atoms with Gasteiger partial charge in [0.1, 0.15) is 0 Å². The fourth-order valence-corrected chi connectivity index (χ4v) is 6.85. The Balaban J connectivity index is 1.77. The van der Waals surface area contributed by atoms with Crippen LogP contribution >= 0.6 is 0 Å². The van der Waals surface area contributed by atoms with Gasteiger partial charge in [0.05, 0.1) is 5.57 Å². The van der Waals surface area contributed by atoms with Crippen LogP contribution in [0.4, 0.5) is 0 Å². The molecule has 4 rings (SSSR count). The molecule has 0 spiro atoms. The predicted molar refractivity (Wildman–Crippen MR) is 107 cm³/mol. The van der Waals surface area contributed by atoms with Crippen molar-refractivity contribution in [1.29, 1.82) is 0 Å². The molecule has 6 nitrogen and oxygen atoms in total. The Hall–Kier alpha value is -1.87. The summed E-state index contributed by atoms with van der Waals surface area (Å²) < 4.78 is 16.9. The molecule has 0 radical (unpaired) electrons. The predicted octanol–water partition coefficient (Wildman–Crippen LogP) is 4.64. The van der Waals surface area contributed by atoms with Gasteiger partial charge in [-0.2, -0.15) is 0 Å². The van der Waals surface area contributed by atoms with Crippen molar-refractivity contribution < 1.29 is 23.8 Å². The summed E-state index contributed by atoms with van der Waals surface area (Å²) in [6, 6.07) is 0. The summed E-state index contributed by atoms with van der Waals surface area (Å²) in [5.74, 6) is -2.79. The summed E-state index contributed by atoms with van der Waals surface area (Å²) >= 11 is 0. The molecule has 0 N–H and O–H groups in total. The molecule has 0 bridgehead atoms. The average molecular weight is 403 g/mol. The van der Waals surface area contributed by atoms with Crippen molar-refractivity contribution in [1.82, 2.24) is 0 Å². The summed E-state index contributed by atoms with van der Waals surface area (Å²) in [6.45, 7) is 16.1. The van der Waals surface area contributed by atoms with Gasteiger partial charge in [0, 0.05) is 17.7 Å². The number of carbonyl (C=O) groups excluding carboxylic acids is 2. The lowest BCUT2D eigenvalue weighted by Crippen LogP contribution is -2.37. The fraction of sp³-hybridized carbons (Fsp3) is 0.783. The third-order valence-corrected chi connectivity index (χ3v) is 7.75. The van der Waals surface area contributed by atoms with Crippen molar-refractivity contribution in [2.45, 2.75) is 85.3 Å². The van der Waals surface area contributed by atoms with Crippen LogP contribution in [-0.2, 0) is 23.8 Å². The van der Waals surface area contributed by atoms with Crippen LogP contribution in [0.2, 0.25) is 0 Å². The van der Waals surface area contributed by atoms with Gasteiger partial charge in [0.15, 0.2) is 5.92 Å². The Morgan fingerprint density at radius 3 is 2.59 bits per heavy atom. The molecule has 0 aromatic carbocycles. The van der Waals surface area contributed by atoms with Crippen LogP contribution in [0.5, 0.6) is 0 Å². The van der Waals surface area contributed by atoms with Crippen molar-refractivity contribution in [3.05, 3.63) is 16.0 Å². The molecular weight excluding hydrogens is 370 g/mol. The minimum Gasteiger partial charge on any atom is -0.435 e. The van der Waals surface area contributed by atoms with Crippen LogP contribution in [0.3, 0.4) is 0 Å². The first-order valence-electron chi connectivity index (χ1n) is 10.7. The Labute approximate surface area is 172 Å². The standard InChI is InChI=1S/C23H32NO5/c1-13-16(22(5)11-7-10-21(3,4)12-22)9-8-15-18-17(13)19(26)28-23(18,24-6)29-20(15)27-14(2)25/h6,15-16,18,20H,7-12H2,1-5H3/q+1/t15-,16+,18-,20-,22+,23+/m1/s1. The van der Waals surface area contributed by atoms with Crippen molar-refractivity contribution in [2.24, 2.45) is 28.6 Å². The second-order valence-electron chi connectivity index (χ2n) is 10.5. The molecule has 0 aromatic rings. The molecule has 1 saturated carbocycles. The summed E-state index contributed by atoms with van der Waals surface area (Å²) in [5, 5.41) is 0. The molecule has 2 heterocycles. The summed E-state index contributed by atoms with van der Waals surface area (Å²) in [4.78, 5) is 28.4. The number of nitrogens with zero attached hydrogens (tertiary/aromatic N) is 1. The second kappa shape index (κ2) is 6.57. The van der Waals surface area contributed by atoms with E-state index in [-0.39, 0.29) is 22.7 Å². The number of allylic oxidation sites excluding steroid dienone is 1. The monoisotopic (exact) mass is 402 g/mol. The quantitative estimate of drug-likeness (QED) is 0.629. The van der Waals surface area contributed by atoms with Crippen molar-refractivity contribution in [2.75, 3.05) is 0 Å². The Bertz CT molecular complexity index is 824. The minimum absolute atomic E-state index is 0.112. The zero-order valence-corrected chi connectivity index (χ0v) is 18.1. The van der Waals surface area contributed by atoms with Crippen LogP contribution in [-0.4, -0.2) is 24.1 Å². The lowest BCUT2D eigenvalue weighted by Gasteiger charge is -2.48. The maximum Gasteiger partial charge on any atom is 0.556 e. The van der Waals surface area contributed by atoms with E-state index in [2.05, 4.69) is 32.5 Å². The molecule has 158 valence electrons. The molecule has 6 atom stereocenters. The van der Waals surface area contributed by atoms with E-state index in [0.29, 0.717) is 5.57 Å². The maximum atomic E-state index is 12.9. The summed E-state index contributed by atoms with van der Waals surface area (Å²) in [5.41, 5.74) is 2.10. The molecule has 2 aliphatic carbocycles. The van der Waals surface area contributed by atoms with Gasteiger partial charge in [-0.15, -0.1) is 0 Å². The zero-order chi connectivity index (χ0) is 21.2. The zero-order valence-electron chi connectivity index (χ0n) is 18.1. The van der Waals surface area contributed by atoms with Gasteiger partial charge in [-0.25, -0.2) is 9.53 Å². The number of hydrogen-bond acceptors (Lipinski definition) is 5. The minimum atomic E-state index is -1.58. The average Bonchev–Trinajstić information content (AvgIpc) is 2.95. The smallest absolute Gasteiger partial charge is 0.435 e. The SMILES string of the molecule is C#[N+][C@@]12OC(=O)C3=C(C)[C@@H]([C@@]4(C)CCCC(C)(C)C4)CC[C@@H]([C@H](OC(C)=O)O1)[C@H]32. The van der Waals surface area contributed by atoms with Crippen LogP contribution in [0.15, 0.2) is 11.1 Å². The first-order valence-corrected chi connectivity index (χ1v) is 10.7. The fourth-order valence-electron chi connectivity index (χ4n) is 6.85. The number of rotatable bonds is 2. The highest BCUT2D eigenvalue weighted by Gasteiger charge is 2.75. The maximum absolute atomic E-state index is 12.9. The molecule has 2 saturated heterocycles. The largest absolute Gasteiger partial charge is 0.556 e. The first kappa shape index (κ1) is 20.4. The highest BCUT2D eigenvalue weighted by molar-refractivity contribution is 5.93. The Kier molecular flexibility index (Phi) is 4.62. The molecule has 0 unspecified atom stereocenters. The van der Waals surface area contributed by atoms with Crippen LogP contribution in [0.1, 0.15) is 73.1 Å². The van der Waals surface area contributed by atoms with Crippen LogP contribution in [0, 0.1) is 35.2 Å². The number of hydrogen-bond donors (Lipinski definition) is 0. The van der Waals surface area contributed by atoms with E-state index in [1.165, 1.54) is 19.8 Å². The van der Waals surface area contributed by atoms with Gasteiger partial charge < -0.3 is 9.47 Å². The normalized spacial score (nSPS) is 43.2. The van der Waals surface area contributed by atoms with Crippen molar-refractivity contribution >= 4 is 11.9 Å². The highest BCUT2D eigenvalue weighted by Crippen LogP contribution is 2.60. The second-order valence-corrected chi connectivity index (χ2v) is 10.5. The Morgan fingerprint density at radius 2 is 1.97 bits per heavy atom. The third kappa shape index (κ3) is 3.09. The molecule has 0 aromatic heterocycles. The van der Waals surface area contributed by atoms with Gasteiger partial charge >= 0.3 is 17.8 Å². The van der Waals surface area contributed by atoms with Gasteiger partial charge in [0.2, 0.25) is 6.29 Å². The van der Waals surface area contributed by atoms with E-state index < -0.39 is 30.1 Å². The van der Waals surface area contributed by atoms with Gasteiger partial charge in [-0.1, -0.05) is 32.8 Å². The van der Waals surface area contributed by atoms with Crippen LogP contribution < -0.4 is 0 Å². The van der Waals surface area contributed by atoms with E-state index in [1.807, 2.05) is 0 Å². The molecule has 3 fully saturated rings. The Morgan fingerprint density at radius 1 is 1.24 bits per heavy atom. The first-order chi connectivity index (χ1) is 13.5. The topological polar surface area (TPSA) is 66.2 Å². The van der Waals surface area contributed by atoms with E-state index in [1.54, 1.807) is 0 Å². The molecule has 4 aliphatic rings. The van der Waals surface area contributed by atoms with E-state index in [4.69, 9.17) is 20.8 Å². The molecule has 2 aliphatic heterocycles. The number of ether oxygens (including phenoxy) is 3. The highest BCUT2D eigenvalue weighted by atomic mass is 16.8. The molecular formula is C23H32NO5+. The van der Waals surface area contributed by atoms with Gasteiger partial charge in [-0.3, -0.25) is 4.79 Å². The van der Waals surface area contributed by atoms with E-state index in [0.717, 1.165) is 31.3 Å². The van der Waals surface area contributed by atoms with E-state index >= 15 is 0 Å². The van der Waals surface area contributed by atoms with Crippen molar-refractivity contribution in [3.8, 4) is 6.57 Å². The lowest BCUT2D eigenvalue weighted by atomic mass is 9.57. The van der Waals surface area contributed by atoms with Crippen molar-refractivity contribution in [3.63, 3.8) is 0 Å². The summed E-state index contributed by atoms with van der Waals surface area (Å²) in [6.07, 6.45) is 5.56. The van der Waals surface area contributed by atoms with E-state index in [9.17, 15) is 9.59 Å². The molecule has 6 heteroatoms. The van der Waals surface area contributed by atoms with Gasteiger partial charge in [0.25, 0.3) is 6.57 Å². The van der Waals surface area contributed by atoms with Gasteiger partial charge in [-0.05, 0) is 55.8 Å². The molecule has 29 heavy (non-hydrogen) atoms. The third-order valence-electron chi connectivity index (χ3n) is 7.75. The molecule has 0 amide bonds. The number of esters is 2. The summed E-state index contributed by atoms with van der Waals surface area (Å²) in [7, 11) is 0. The van der Waals surface area contributed by atoms with Crippen LogP contribution in [0.25, 0.3) is 4.85 Å². The lowest BCUT2D eigenvalue weighted by molar-refractivity contribution is -0.236.